The molecule has 1 unspecified atom stereocenters. The van der Waals surface area contributed by atoms with Gasteiger partial charge in [-0.05, 0) is 69.4 Å². The minimum Gasteiger partial charge on any atom is -0.347 e. The molecule has 0 amide bonds. The van der Waals surface area contributed by atoms with Crippen molar-refractivity contribution in [2.45, 2.75) is 123 Å². The van der Waals surface area contributed by atoms with Gasteiger partial charge in [-0.3, -0.25) is 0 Å². The molecule has 3 nitrogen and oxygen atoms in total. The van der Waals surface area contributed by atoms with Gasteiger partial charge < -0.3 is 14.4 Å². The van der Waals surface area contributed by atoms with E-state index in [0.29, 0.717) is 11.5 Å². The van der Waals surface area contributed by atoms with Gasteiger partial charge in [-0.15, -0.1) is 0 Å². The highest BCUT2D eigenvalue weighted by molar-refractivity contribution is 4.88. The molecule has 27 heavy (non-hydrogen) atoms. The van der Waals surface area contributed by atoms with Crippen molar-refractivity contribution in [1.29, 1.82) is 0 Å². The zero-order valence-corrected chi connectivity index (χ0v) is 18.6. The average molecular weight is 380 g/mol. The Bertz CT molecular complexity index is 430. The first-order chi connectivity index (χ1) is 12.9. The topological polar surface area (TPSA) is 21.7 Å². The molecule has 2 saturated carbocycles. The van der Waals surface area contributed by atoms with Crippen LogP contribution in [0.3, 0.4) is 0 Å². The molecule has 1 heterocycles. The van der Waals surface area contributed by atoms with Gasteiger partial charge in [-0.2, -0.15) is 0 Å². The van der Waals surface area contributed by atoms with E-state index in [0.717, 1.165) is 31.4 Å². The number of nitrogens with zero attached hydrogens (tertiary/aromatic N) is 1. The Hall–Kier alpha value is -0.120. The summed E-state index contributed by atoms with van der Waals surface area (Å²) in [4.78, 5) is 2.74. The lowest BCUT2D eigenvalue weighted by Crippen LogP contribution is -2.38. The summed E-state index contributed by atoms with van der Waals surface area (Å²) in [5.41, 5.74) is 0.420. The molecule has 3 heteroatoms. The van der Waals surface area contributed by atoms with Gasteiger partial charge in [0.15, 0.2) is 5.79 Å². The highest BCUT2D eigenvalue weighted by atomic mass is 16.7. The molecule has 1 atom stereocenters. The second-order valence-electron chi connectivity index (χ2n) is 10.5. The summed E-state index contributed by atoms with van der Waals surface area (Å²) in [5.74, 6) is 0.582. The van der Waals surface area contributed by atoms with E-state index in [4.69, 9.17) is 9.47 Å². The predicted molar refractivity (Wildman–Crippen MR) is 113 cm³/mol. The Morgan fingerprint density at radius 3 is 2.30 bits per heavy atom. The second kappa shape index (κ2) is 9.59. The third-order valence-electron chi connectivity index (χ3n) is 7.60. The Balaban J connectivity index is 1.33. The molecule has 3 aliphatic rings. The fourth-order valence-corrected chi connectivity index (χ4v) is 5.68. The third kappa shape index (κ3) is 5.93. The number of hydrogen-bond acceptors (Lipinski definition) is 3. The molecule has 3 rings (SSSR count). The standard InChI is InChI=1S/C24H45NO2/c1-5-25(21-11-7-6-8-12-21)18-10-9-13-22-19-26-24(27-22)16-14-20(15-17-24)23(2,3)4/h20-22H,5-19H2,1-4H3. The molecule has 0 aromatic rings. The number of ether oxygens (including phenoxy) is 2. The molecule has 1 aliphatic heterocycles. The van der Waals surface area contributed by atoms with Crippen molar-refractivity contribution in [1.82, 2.24) is 4.90 Å². The maximum atomic E-state index is 6.46. The van der Waals surface area contributed by atoms with Crippen molar-refractivity contribution in [2.24, 2.45) is 11.3 Å². The monoisotopic (exact) mass is 379 g/mol. The molecular formula is C24H45NO2. The molecule has 158 valence electrons. The normalized spacial score (nSPS) is 33.2. The van der Waals surface area contributed by atoms with E-state index in [-0.39, 0.29) is 5.79 Å². The van der Waals surface area contributed by atoms with Gasteiger partial charge in [0.2, 0.25) is 0 Å². The highest BCUT2D eigenvalue weighted by Gasteiger charge is 2.45. The van der Waals surface area contributed by atoms with Crippen LogP contribution in [0.15, 0.2) is 0 Å². The van der Waals surface area contributed by atoms with Crippen LogP contribution in [0, 0.1) is 11.3 Å². The van der Waals surface area contributed by atoms with Crippen LogP contribution >= 0.6 is 0 Å². The zero-order chi connectivity index (χ0) is 19.3. The summed E-state index contributed by atoms with van der Waals surface area (Å²) in [5, 5.41) is 0. The van der Waals surface area contributed by atoms with E-state index in [1.54, 1.807) is 0 Å². The van der Waals surface area contributed by atoms with Crippen LogP contribution in [-0.4, -0.2) is 42.5 Å². The zero-order valence-electron chi connectivity index (χ0n) is 18.6. The lowest BCUT2D eigenvalue weighted by atomic mass is 9.71. The molecule has 0 radical (unpaired) electrons. The van der Waals surface area contributed by atoms with Gasteiger partial charge in [0.05, 0.1) is 12.7 Å². The summed E-state index contributed by atoms with van der Waals surface area (Å²) < 4.78 is 12.7. The number of hydrogen-bond donors (Lipinski definition) is 0. The average Bonchev–Trinajstić information content (AvgIpc) is 3.04. The molecule has 0 N–H and O–H groups in total. The highest BCUT2D eigenvalue weighted by Crippen LogP contribution is 2.46. The van der Waals surface area contributed by atoms with E-state index >= 15 is 0 Å². The van der Waals surface area contributed by atoms with E-state index in [1.807, 2.05) is 0 Å². The fraction of sp³-hybridized carbons (Fsp3) is 1.00. The van der Waals surface area contributed by atoms with Gasteiger partial charge in [0, 0.05) is 18.9 Å². The molecule has 1 spiro atoms. The molecule has 1 saturated heterocycles. The van der Waals surface area contributed by atoms with Crippen LogP contribution in [0.2, 0.25) is 0 Å². The first-order valence-corrected chi connectivity index (χ1v) is 12.0. The smallest absolute Gasteiger partial charge is 0.168 e. The molecular weight excluding hydrogens is 334 g/mol. The van der Waals surface area contributed by atoms with Gasteiger partial charge in [0.1, 0.15) is 0 Å². The summed E-state index contributed by atoms with van der Waals surface area (Å²) in [6.45, 7) is 12.8. The predicted octanol–water partition coefficient (Wildman–Crippen LogP) is 6.16. The Labute approximate surface area is 168 Å². The lowest BCUT2D eigenvalue weighted by molar-refractivity contribution is -0.197. The first-order valence-electron chi connectivity index (χ1n) is 12.0. The van der Waals surface area contributed by atoms with E-state index in [1.165, 1.54) is 77.3 Å². The van der Waals surface area contributed by atoms with Gasteiger partial charge in [0.25, 0.3) is 0 Å². The molecule has 3 fully saturated rings. The van der Waals surface area contributed by atoms with Crippen LogP contribution < -0.4 is 0 Å². The minimum atomic E-state index is -0.232. The van der Waals surface area contributed by atoms with Crippen molar-refractivity contribution < 1.29 is 9.47 Å². The second-order valence-corrected chi connectivity index (χ2v) is 10.5. The van der Waals surface area contributed by atoms with Crippen molar-refractivity contribution in [3.63, 3.8) is 0 Å². The third-order valence-corrected chi connectivity index (χ3v) is 7.60. The van der Waals surface area contributed by atoms with Gasteiger partial charge in [-0.25, -0.2) is 0 Å². The largest absolute Gasteiger partial charge is 0.347 e. The number of rotatable bonds is 7. The Morgan fingerprint density at radius 1 is 0.963 bits per heavy atom. The minimum absolute atomic E-state index is 0.232. The Kier molecular flexibility index (Phi) is 7.66. The van der Waals surface area contributed by atoms with Crippen LogP contribution in [0.1, 0.15) is 105 Å². The van der Waals surface area contributed by atoms with Crippen molar-refractivity contribution in [2.75, 3.05) is 19.7 Å². The van der Waals surface area contributed by atoms with Crippen molar-refractivity contribution >= 4 is 0 Å². The summed E-state index contributed by atoms with van der Waals surface area (Å²) in [7, 11) is 0. The quantitative estimate of drug-likeness (QED) is 0.494. The van der Waals surface area contributed by atoms with Crippen LogP contribution in [0.4, 0.5) is 0 Å². The maximum absolute atomic E-state index is 6.46. The summed E-state index contributed by atoms with van der Waals surface area (Å²) >= 11 is 0. The fourth-order valence-electron chi connectivity index (χ4n) is 5.68. The van der Waals surface area contributed by atoms with Crippen molar-refractivity contribution in [3.05, 3.63) is 0 Å². The van der Waals surface area contributed by atoms with Crippen LogP contribution in [0.5, 0.6) is 0 Å². The lowest BCUT2D eigenvalue weighted by Gasteiger charge is -2.41. The summed E-state index contributed by atoms with van der Waals surface area (Å²) in [6, 6.07) is 0.857. The number of unbranched alkanes of at least 4 members (excludes halogenated alkanes) is 1. The summed E-state index contributed by atoms with van der Waals surface area (Å²) in [6.07, 6.45) is 16.0. The van der Waals surface area contributed by atoms with Gasteiger partial charge in [-0.1, -0.05) is 47.0 Å². The van der Waals surface area contributed by atoms with Crippen molar-refractivity contribution in [3.8, 4) is 0 Å². The Morgan fingerprint density at radius 2 is 1.67 bits per heavy atom. The van der Waals surface area contributed by atoms with Gasteiger partial charge >= 0.3 is 0 Å². The van der Waals surface area contributed by atoms with E-state index in [9.17, 15) is 0 Å². The molecule has 0 aromatic carbocycles. The molecule has 0 aromatic heterocycles. The van der Waals surface area contributed by atoms with E-state index in [2.05, 4.69) is 32.6 Å². The van der Waals surface area contributed by atoms with E-state index < -0.39 is 0 Å². The maximum Gasteiger partial charge on any atom is 0.168 e. The van der Waals surface area contributed by atoms with Crippen LogP contribution in [0.25, 0.3) is 0 Å². The van der Waals surface area contributed by atoms with Crippen LogP contribution in [-0.2, 0) is 9.47 Å². The molecule has 2 aliphatic carbocycles. The molecule has 0 bridgehead atoms. The SMILES string of the molecule is CCN(CCCCC1COC2(CCC(C(C)(C)C)CC2)O1)C1CCCCC1. The first kappa shape index (κ1) is 21.6.